The Labute approximate surface area is 96.5 Å². The first-order chi connectivity index (χ1) is 6.81. The quantitative estimate of drug-likeness (QED) is 0.496. The van der Waals surface area contributed by atoms with Crippen LogP contribution in [0.2, 0.25) is 0 Å². The number of hydrogen-bond acceptors (Lipinski definition) is 3. The summed E-state index contributed by atoms with van der Waals surface area (Å²) >= 11 is 9.01. The fourth-order valence-corrected chi connectivity index (χ4v) is 1.09. The Morgan fingerprint density at radius 2 is 1.43 bits per heavy atom. The smallest absolute Gasteiger partial charge is 0.379 e. The van der Waals surface area contributed by atoms with Gasteiger partial charge in [-0.05, 0) is 25.0 Å². The number of hydrogen-bond donors (Lipinski definition) is 0. The van der Waals surface area contributed by atoms with E-state index in [0.717, 1.165) is 0 Å². The monoisotopic (exact) mass is 258 g/mol. The maximum absolute atomic E-state index is 10.9. The number of alkyl halides is 2. The number of rotatable bonds is 8. The van der Waals surface area contributed by atoms with Gasteiger partial charge in [-0.15, -0.1) is 23.2 Å². The van der Waals surface area contributed by atoms with E-state index in [9.17, 15) is 4.21 Å². The zero-order valence-electron chi connectivity index (χ0n) is 7.53. The summed E-state index contributed by atoms with van der Waals surface area (Å²) in [6.07, 6.45) is 7.26. The van der Waals surface area contributed by atoms with Gasteiger partial charge in [-0.3, -0.25) is 0 Å². The Hall–Kier alpha value is -0.190. The fourth-order valence-electron chi connectivity index (χ4n) is 0.454. The van der Waals surface area contributed by atoms with E-state index in [-0.39, 0.29) is 0 Å². The molecule has 0 aromatic carbocycles. The summed E-state index contributed by atoms with van der Waals surface area (Å²) in [5.74, 6) is 1.01. The first-order valence-electron chi connectivity index (χ1n) is 3.99. The van der Waals surface area contributed by atoms with Crippen molar-refractivity contribution < 1.29 is 12.6 Å². The van der Waals surface area contributed by atoms with Crippen molar-refractivity contribution in [1.82, 2.24) is 0 Å². The lowest BCUT2D eigenvalue weighted by molar-refractivity contribution is 0.392. The standard InChI is InChI=1S/C8H12Cl2O3S/c9-5-1-3-7-12-14(11)13-8-4-2-6-10/h3-4,7-8H,1-2,5-6H2. The molecule has 0 fully saturated rings. The van der Waals surface area contributed by atoms with Gasteiger partial charge < -0.3 is 8.37 Å². The highest BCUT2D eigenvalue weighted by atomic mass is 35.5. The molecule has 0 aliphatic heterocycles. The van der Waals surface area contributed by atoms with E-state index < -0.39 is 11.4 Å². The lowest BCUT2D eigenvalue weighted by Gasteiger charge is -1.96. The zero-order valence-corrected chi connectivity index (χ0v) is 9.86. The molecule has 0 aliphatic rings. The highest BCUT2D eigenvalue weighted by Gasteiger charge is 1.93. The Bertz CT molecular complexity index is 187. The van der Waals surface area contributed by atoms with Crippen LogP contribution in [0.25, 0.3) is 0 Å². The van der Waals surface area contributed by atoms with E-state index in [1.807, 2.05) is 0 Å². The van der Waals surface area contributed by atoms with Gasteiger partial charge >= 0.3 is 11.4 Å². The van der Waals surface area contributed by atoms with Crippen molar-refractivity contribution in [3.05, 3.63) is 24.7 Å². The fraction of sp³-hybridized carbons (Fsp3) is 0.500. The van der Waals surface area contributed by atoms with Crippen molar-refractivity contribution in [3.63, 3.8) is 0 Å². The van der Waals surface area contributed by atoms with E-state index in [4.69, 9.17) is 23.2 Å². The SMILES string of the molecule is O=S(OC=CCCCl)OC=CCCCl. The molecule has 14 heavy (non-hydrogen) atoms. The van der Waals surface area contributed by atoms with E-state index >= 15 is 0 Å². The first kappa shape index (κ1) is 13.8. The van der Waals surface area contributed by atoms with Gasteiger partial charge in [-0.25, -0.2) is 0 Å². The summed E-state index contributed by atoms with van der Waals surface area (Å²) in [6.45, 7) is 0. The molecule has 0 unspecified atom stereocenters. The van der Waals surface area contributed by atoms with Crippen molar-refractivity contribution in [3.8, 4) is 0 Å². The molecule has 82 valence electrons. The van der Waals surface area contributed by atoms with Gasteiger partial charge in [0.1, 0.15) is 12.5 Å². The lowest BCUT2D eigenvalue weighted by Crippen LogP contribution is -1.91. The van der Waals surface area contributed by atoms with E-state index in [2.05, 4.69) is 8.37 Å². The third kappa shape index (κ3) is 9.89. The molecule has 0 saturated carbocycles. The molecule has 0 aromatic heterocycles. The zero-order chi connectivity index (χ0) is 10.6. The summed E-state index contributed by atoms with van der Waals surface area (Å²) in [7, 11) is 0. The van der Waals surface area contributed by atoms with Gasteiger partial charge in [0, 0.05) is 11.8 Å². The molecule has 0 heterocycles. The molecule has 0 saturated heterocycles. The molecule has 0 N–H and O–H groups in total. The summed E-state index contributed by atoms with van der Waals surface area (Å²) < 4.78 is 20.2. The molecule has 0 spiro atoms. The second kappa shape index (κ2) is 10.9. The van der Waals surface area contributed by atoms with Gasteiger partial charge in [-0.2, -0.15) is 4.21 Å². The van der Waals surface area contributed by atoms with Crippen LogP contribution in [-0.4, -0.2) is 16.0 Å². The van der Waals surface area contributed by atoms with Crippen LogP contribution < -0.4 is 0 Å². The van der Waals surface area contributed by atoms with E-state index in [0.29, 0.717) is 24.6 Å². The van der Waals surface area contributed by atoms with Gasteiger partial charge in [-0.1, -0.05) is 0 Å². The van der Waals surface area contributed by atoms with Crippen LogP contribution in [0.3, 0.4) is 0 Å². The van der Waals surface area contributed by atoms with Crippen molar-refractivity contribution in [2.45, 2.75) is 12.8 Å². The predicted octanol–water partition coefficient (Wildman–Crippen LogP) is 2.88. The van der Waals surface area contributed by atoms with Gasteiger partial charge in [0.05, 0.1) is 0 Å². The minimum absolute atomic E-state index is 0.503. The van der Waals surface area contributed by atoms with Crippen molar-refractivity contribution in [1.29, 1.82) is 0 Å². The second-order valence-electron chi connectivity index (χ2n) is 2.10. The van der Waals surface area contributed by atoms with Crippen molar-refractivity contribution in [2.24, 2.45) is 0 Å². The van der Waals surface area contributed by atoms with Crippen LogP contribution in [0, 0.1) is 0 Å². The molecule has 0 bridgehead atoms. The highest BCUT2D eigenvalue weighted by Crippen LogP contribution is 1.95. The van der Waals surface area contributed by atoms with E-state index in [1.165, 1.54) is 12.5 Å². The van der Waals surface area contributed by atoms with Crippen LogP contribution in [0.15, 0.2) is 24.7 Å². The molecule has 0 radical (unpaired) electrons. The van der Waals surface area contributed by atoms with Crippen LogP contribution in [0.1, 0.15) is 12.8 Å². The maximum Gasteiger partial charge on any atom is 0.416 e. The average Bonchev–Trinajstić information content (AvgIpc) is 2.19. The summed E-state index contributed by atoms with van der Waals surface area (Å²) in [5.41, 5.74) is 0. The Balaban J connectivity index is 3.45. The predicted molar refractivity (Wildman–Crippen MR) is 59.3 cm³/mol. The Morgan fingerprint density at radius 3 is 1.79 bits per heavy atom. The Kier molecular flexibility index (Phi) is 10.7. The number of allylic oxidation sites excluding steroid dienone is 2. The van der Waals surface area contributed by atoms with E-state index in [1.54, 1.807) is 12.2 Å². The van der Waals surface area contributed by atoms with Crippen LogP contribution in [0.5, 0.6) is 0 Å². The van der Waals surface area contributed by atoms with Crippen LogP contribution in [-0.2, 0) is 19.7 Å². The normalized spacial score (nSPS) is 13.6. The van der Waals surface area contributed by atoms with Crippen molar-refractivity contribution in [2.75, 3.05) is 11.8 Å². The minimum Gasteiger partial charge on any atom is -0.379 e. The molecule has 0 aliphatic carbocycles. The topological polar surface area (TPSA) is 35.5 Å². The lowest BCUT2D eigenvalue weighted by atomic mass is 10.5. The third-order valence-corrected chi connectivity index (χ3v) is 1.99. The second-order valence-corrected chi connectivity index (χ2v) is 3.64. The van der Waals surface area contributed by atoms with Crippen LogP contribution >= 0.6 is 23.2 Å². The molecule has 0 amide bonds. The molecule has 0 aromatic rings. The van der Waals surface area contributed by atoms with Gasteiger partial charge in [0.2, 0.25) is 0 Å². The largest absolute Gasteiger partial charge is 0.416 e. The minimum atomic E-state index is -1.79. The summed E-state index contributed by atoms with van der Waals surface area (Å²) in [5, 5.41) is 0. The van der Waals surface area contributed by atoms with Gasteiger partial charge in [0.25, 0.3) is 0 Å². The molecular formula is C8H12Cl2O3S. The highest BCUT2D eigenvalue weighted by molar-refractivity contribution is 7.75. The molecule has 6 heteroatoms. The molecule has 3 nitrogen and oxygen atoms in total. The van der Waals surface area contributed by atoms with Gasteiger partial charge in [0.15, 0.2) is 0 Å². The van der Waals surface area contributed by atoms with Crippen molar-refractivity contribution >= 4 is 34.6 Å². The molecular weight excluding hydrogens is 247 g/mol. The molecule has 0 rings (SSSR count). The average molecular weight is 259 g/mol. The molecule has 0 atom stereocenters. The third-order valence-electron chi connectivity index (χ3n) is 1.01. The maximum atomic E-state index is 10.9. The Morgan fingerprint density at radius 1 is 1.00 bits per heavy atom. The number of halogens is 2. The van der Waals surface area contributed by atoms with Crippen LogP contribution in [0.4, 0.5) is 0 Å². The summed E-state index contributed by atoms with van der Waals surface area (Å²) in [6, 6.07) is 0. The summed E-state index contributed by atoms with van der Waals surface area (Å²) in [4.78, 5) is 0. The first-order valence-corrected chi connectivity index (χ1v) is 6.06.